The molecule has 0 bridgehead atoms. The second-order valence-corrected chi connectivity index (χ2v) is 7.86. The van der Waals surface area contributed by atoms with Gasteiger partial charge in [-0.15, -0.1) is 0 Å². The van der Waals surface area contributed by atoms with Crippen LogP contribution in [0.25, 0.3) is 10.9 Å². The highest BCUT2D eigenvalue weighted by Gasteiger charge is 2.59. The zero-order chi connectivity index (χ0) is 17.6. The number of benzene rings is 2. The van der Waals surface area contributed by atoms with Crippen molar-refractivity contribution in [2.75, 3.05) is 0 Å². The molecule has 25 heavy (non-hydrogen) atoms. The van der Waals surface area contributed by atoms with Gasteiger partial charge in [-0.1, -0.05) is 62.4 Å². The van der Waals surface area contributed by atoms with Crippen LogP contribution < -0.4 is 0 Å². The van der Waals surface area contributed by atoms with Crippen molar-refractivity contribution < 1.29 is 0 Å². The molecule has 2 nitrogen and oxygen atoms in total. The van der Waals surface area contributed by atoms with Gasteiger partial charge in [0.2, 0.25) is 0 Å². The van der Waals surface area contributed by atoms with Gasteiger partial charge in [0.15, 0.2) is 0 Å². The first-order valence-electron chi connectivity index (χ1n) is 9.04. The number of hydrogen-bond donors (Lipinski definition) is 0. The number of rotatable bonds is 4. The van der Waals surface area contributed by atoms with E-state index < -0.39 is 0 Å². The summed E-state index contributed by atoms with van der Waals surface area (Å²) in [6.45, 7) is 7.75. The summed E-state index contributed by atoms with van der Waals surface area (Å²) >= 11 is 0. The quantitative estimate of drug-likeness (QED) is 0.608. The van der Waals surface area contributed by atoms with Gasteiger partial charge >= 0.3 is 0 Å². The van der Waals surface area contributed by atoms with Gasteiger partial charge in [0.25, 0.3) is 0 Å². The Balaban J connectivity index is 1.84. The molecule has 1 heterocycles. The Hall–Kier alpha value is -2.53. The third kappa shape index (κ3) is 2.46. The van der Waals surface area contributed by atoms with Crippen LogP contribution in [0.5, 0.6) is 0 Å². The lowest BCUT2D eigenvalue weighted by molar-refractivity contribution is 0.559. The molecule has 2 aromatic carbocycles. The van der Waals surface area contributed by atoms with E-state index in [-0.39, 0.29) is 5.41 Å². The van der Waals surface area contributed by atoms with E-state index in [0.29, 0.717) is 18.3 Å². The van der Waals surface area contributed by atoms with Gasteiger partial charge in [0.1, 0.15) is 0 Å². The molecule has 4 rings (SSSR count). The van der Waals surface area contributed by atoms with Crippen LogP contribution in [0.4, 0.5) is 0 Å². The maximum absolute atomic E-state index is 9.20. The van der Waals surface area contributed by atoms with Gasteiger partial charge in [-0.2, -0.15) is 5.26 Å². The van der Waals surface area contributed by atoms with Crippen molar-refractivity contribution in [2.24, 2.45) is 11.3 Å². The highest BCUT2D eigenvalue weighted by molar-refractivity contribution is 5.87. The lowest BCUT2D eigenvalue weighted by atomic mass is 10.0. The predicted molar refractivity (Wildman–Crippen MR) is 102 cm³/mol. The zero-order valence-corrected chi connectivity index (χ0v) is 15.2. The summed E-state index contributed by atoms with van der Waals surface area (Å²) in [6.07, 6.45) is 0.648. The summed E-state index contributed by atoms with van der Waals surface area (Å²) in [4.78, 5) is 0. The molecular formula is C23H24N2. The van der Waals surface area contributed by atoms with Crippen LogP contribution >= 0.6 is 0 Å². The Morgan fingerprint density at radius 3 is 2.44 bits per heavy atom. The van der Waals surface area contributed by atoms with E-state index in [1.54, 1.807) is 0 Å². The van der Waals surface area contributed by atoms with Crippen LogP contribution in [0.3, 0.4) is 0 Å². The minimum absolute atomic E-state index is 0.211. The Morgan fingerprint density at radius 2 is 1.72 bits per heavy atom. The zero-order valence-electron chi connectivity index (χ0n) is 15.2. The van der Waals surface area contributed by atoms with Crippen LogP contribution in [0.2, 0.25) is 0 Å². The molecule has 126 valence electrons. The molecule has 1 aromatic heterocycles. The fraction of sp³-hybridized carbons (Fsp3) is 0.348. The second-order valence-electron chi connectivity index (χ2n) is 7.86. The number of para-hydroxylation sites is 1. The highest BCUT2D eigenvalue weighted by atomic mass is 15.0. The van der Waals surface area contributed by atoms with E-state index in [9.17, 15) is 5.26 Å². The Bertz CT molecular complexity index is 957. The van der Waals surface area contributed by atoms with Crippen LogP contribution in [0.1, 0.15) is 43.0 Å². The second kappa shape index (κ2) is 5.77. The van der Waals surface area contributed by atoms with E-state index in [0.717, 1.165) is 6.54 Å². The number of nitrogens with zero attached hydrogens (tertiary/aromatic N) is 2. The standard InChI is InChI=1S/C23H24N2/c1-16-21(22-19(13-14-24)23(22,2)3)18-11-7-8-12-20(18)25(16)15-17-9-5-4-6-10-17/h4-12,19,22H,13,15H2,1-3H3/t19-,22-/m0/s1. The monoisotopic (exact) mass is 328 g/mol. The smallest absolute Gasteiger partial charge is 0.0625 e. The fourth-order valence-corrected chi connectivity index (χ4v) is 4.62. The molecule has 2 heteroatoms. The van der Waals surface area contributed by atoms with Crippen molar-refractivity contribution in [3.63, 3.8) is 0 Å². The topological polar surface area (TPSA) is 28.7 Å². The largest absolute Gasteiger partial charge is 0.340 e. The minimum atomic E-state index is 0.211. The molecule has 1 fully saturated rings. The normalized spacial score (nSPS) is 21.2. The summed E-state index contributed by atoms with van der Waals surface area (Å²) in [5.41, 5.74) is 5.64. The number of fused-ring (bicyclic) bond motifs is 1. The van der Waals surface area contributed by atoms with Gasteiger partial charge in [0, 0.05) is 29.6 Å². The van der Waals surface area contributed by atoms with E-state index in [2.05, 4.69) is 86.0 Å². The SMILES string of the molecule is Cc1c([C@@H]2[C@H](CC#N)C2(C)C)c2ccccc2n1Cc1ccccc1. The van der Waals surface area contributed by atoms with E-state index in [1.165, 1.54) is 27.7 Å². The average Bonchev–Trinajstić information content (AvgIpc) is 3.02. The third-order valence-electron chi connectivity index (χ3n) is 6.14. The molecule has 0 N–H and O–H groups in total. The minimum Gasteiger partial charge on any atom is -0.340 e. The van der Waals surface area contributed by atoms with Crippen LogP contribution in [-0.4, -0.2) is 4.57 Å². The van der Waals surface area contributed by atoms with Crippen molar-refractivity contribution in [1.82, 2.24) is 4.57 Å². The van der Waals surface area contributed by atoms with Gasteiger partial charge in [0.05, 0.1) is 6.07 Å². The molecule has 2 atom stereocenters. The molecule has 1 aliphatic carbocycles. The van der Waals surface area contributed by atoms with Gasteiger partial charge in [-0.3, -0.25) is 0 Å². The molecular weight excluding hydrogens is 304 g/mol. The molecule has 3 aromatic rings. The van der Waals surface area contributed by atoms with Crippen molar-refractivity contribution >= 4 is 10.9 Å². The molecule has 1 aliphatic rings. The van der Waals surface area contributed by atoms with Gasteiger partial charge in [-0.25, -0.2) is 0 Å². The Labute approximate surface area is 149 Å². The average molecular weight is 328 g/mol. The summed E-state index contributed by atoms with van der Waals surface area (Å²) in [7, 11) is 0. The maximum atomic E-state index is 9.20. The first-order chi connectivity index (χ1) is 12.1. The van der Waals surface area contributed by atoms with Gasteiger partial charge in [-0.05, 0) is 41.4 Å². The lowest BCUT2D eigenvalue weighted by Crippen LogP contribution is -2.02. The number of hydrogen-bond acceptors (Lipinski definition) is 1. The molecule has 1 saturated carbocycles. The fourth-order valence-electron chi connectivity index (χ4n) is 4.62. The van der Waals surface area contributed by atoms with Crippen LogP contribution in [0.15, 0.2) is 54.6 Å². The maximum Gasteiger partial charge on any atom is 0.0625 e. The molecule has 0 aliphatic heterocycles. The Kier molecular flexibility index (Phi) is 3.69. The first-order valence-corrected chi connectivity index (χ1v) is 9.04. The number of aromatic nitrogens is 1. The van der Waals surface area contributed by atoms with E-state index in [1.807, 2.05) is 0 Å². The van der Waals surface area contributed by atoms with Crippen LogP contribution in [-0.2, 0) is 6.54 Å². The molecule has 0 saturated heterocycles. The molecule has 0 radical (unpaired) electrons. The van der Waals surface area contributed by atoms with Crippen molar-refractivity contribution in [1.29, 1.82) is 5.26 Å². The summed E-state index contributed by atoms with van der Waals surface area (Å²) in [6, 6.07) is 21.8. The van der Waals surface area contributed by atoms with Crippen molar-refractivity contribution in [3.05, 3.63) is 71.4 Å². The van der Waals surface area contributed by atoms with E-state index >= 15 is 0 Å². The number of nitriles is 1. The molecule has 0 unspecified atom stereocenters. The first kappa shape index (κ1) is 16.0. The predicted octanol–water partition coefficient (Wildman–Crippen LogP) is 5.65. The third-order valence-corrected chi connectivity index (χ3v) is 6.14. The van der Waals surface area contributed by atoms with E-state index in [4.69, 9.17) is 0 Å². The van der Waals surface area contributed by atoms with Crippen molar-refractivity contribution in [3.8, 4) is 6.07 Å². The highest BCUT2D eigenvalue weighted by Crippen LogP contribution is 2.67. The van der Waals surface area contributed by atoms with Crippen LogP contribution in [0, 0.1) is 29.6 Å². The van der Waals surface area contributed by atoms with Crippen molar-refractivity contribution in [2.45, 2.75) is 39.7 Å². The molecule has 0 amide bonds. The summed E-state index contributed by atoms with van der Waals surface area (Å²) < 4.78 is 2.44. The molecule has 0 spiro atoms. The summed E-state index contributed by atoms with van der Waals surface area (Å²) in [5.74, 6) is 0.946. The summed E-state index contributed by atoms with van der Waals surface area (Å²) in [5, 5.41) is 10.6. The van der Waals surface area contributed by atoms with Gasteiger partial charge < -0.3 is 4.57 Å². The lowest BCUT2D eigenvalue weighted by Gasteiger charge is -2.09. The Morgan fingerprint density at radius 1 is 1.04 bits per heavy atom.